The molecule has 1 unspecified atom stereocenters. The quantitative estimate of drug-likeness (QED) is 0.693. The molecule has 3 N–H and O–H groups in total. The summed E-state index contributed by atoms with van der Waals surface area (Å²) >= 11 is 0. The van der Waals surface area contributed by atoms with E-state index in [4.69, 9.17) is 0 Å². The van der Waals surface area contributed by atoms with Gasteiger partial charge in [0.1, 0.15) is 5.60 Å². The van der Waals surface area contributed by atoms with Crippen molar-refractivity contribution in [3.8, 4) is 0 Å². The van der Waals surface area contributed by atoms with Crippen LogP contribution in [0.1, 0.15) is 25.3 Å². The number of hydrogen-bond donors (Lipinski definition) is 3. The monoisotopic (exact) mass is 348 g/mol. The Morgan fingerprint density at radius 3 is 2.48 bits per heavy atom. The van der Waals surface area contributed by atoms with E-state index in [0.29, 0.717) is 12.6 Å². The number of likely N-dealkylation sites (tertiary alicyclic amines) is 1. The second kappa shape index (κ2) is 9.17. The predicted octanol–water partition coefficient (Wildman–Crippen LogP) is 1.22. The van der Waals surface area contributed by atoms with Gasteiger partial charge in [0.15, 0.2) is 0 Å². The molecule has 0 aliphatic carbocycles. The highest BCUT2D eigenvalue weighted by Crippen LogP contribution is 2.18. The largest absolute Gasteiger partial charge is 0.384 e. The van der Waals surface area contributed by atoms with Crippen molar-refractivity contribution >= 4 is 6.03 Å². The van der Waals surface area contributed by atoms with Gasteiger partial charge in [0.25, 0.3) is 0 Å². The average molecular weight is 348 g/mol. The molecule has 0 radical (unpaired) electrons. The number of aliphatic hydroxyl groups is 1. The van der Waals surface area contributed by atoms with Gasteiger partial charge in [-0.1, -0.05) is 30.3 Å². The lowest BCUT2D eigenvalue weighted by atomic mass is 9.96. The van der Waals surface area contributed by atoms with Crippen LogP contribution >= 0.6 is 0 Å². The zero-order valence-corrected chi connectivity index (χ0v) is 15.7. The molecule has 6 heteroatoms. The molecule has 1 aromatic carbocycles. The Morgan fingerprint density at radius 2 is 1.88 bits per heavy atom. The minimum absolute atomic E-state index is 0.178. The lowest BCUT2D eigenvalue weighted by Gasteiger charge is -2.35. The minimum Gasteiger partial charge on any atom is -0.384 e. The van der Waals surface area contributed by atoms with Crippen LogP contribution in [0.15, 0.2) is 30.3 Å². The van der Waals surface area contributed by atoms with Crippen LogP contribution in [0.5, 0.6) is 0 Å². The molecule has 1 aromatic rings. The molecule has 2 rings (SSSR count). The molecule has 2 amide bonds. The number of rotatable bonds is 7. The van der Waals surface area contributed by atoms with Gasteiger partial charge in [0.05, 0.1) is 6.54 Å². The fourth-order valence-electron chi connectivity index (χ4n) is 3.20. The van der Waals surface area contributed by atoms with Crippen LogP contribution < -0.4 is 10.6 Å². The maximum Gasteiger partial charge on any atom is 0.314 e. The summed E-state index contributed by atoms with van der Waals surface area (Å²) < 4.78 is 0. The second-order valence-electron chi connectivity index (χ2n) is 7.29. The summed E-state index contributed by atoms with van der Waals surface area (Å²) in [7, 11) is 4.27. The van der Waals surface area contributed by atoms with Crippen LogP contribution in [0.3, 0.4) is 0 Å². The summed E-state index contributed by atoms with van der Waals surface area (Å²) in [6, 6.07) is 9.81. The van der Waals surface area contributed by atoms with Crippen molar-refractivity contribution in [3.05, 3.63) is 35.9 Å². The molecule has 1 aliphatic rings. The summed E-state index contributed by atoms with van der Waals surface area (Å²) in [6.07, 6.45) is 2.36. The highest BCUT2D eigenvalue weighted by molar-refractivity contribution is 5.73. The summed E-state index contributed by atoms with van der Waals surface area (Å²) in [5.74, 6) is 0. The van der Waals surface area contributed by atoms with E-state index in [9.17, 15) is 9.90 Å². The highest BCUT2D eigenvalue weighted by atomic mass is 16.3. The number of nitrogens with zero attached hydrogens (tertiary/aromatic N) is 2. The van der Waals surface area contributed by atoms with E-state index < -0.39 is 5.60 Å². The molecule has 1 heterocycles. The van der Waals surface area contributed by atoms with E-state index in [1.54, 1.807) is 6.92 Å². The Morgan fingerprint density at radius 1 is 1.24 bits per heavy atom. The van der Waals surface area contributed by atoms with Gasteiger partial charge in [0, 0.05) is 19.1 Å². The SMILES string of the molecule is CN(C)C1CCN(CCNC(=O)NCC(C)(O)c2ccccc2)CC1. The first-order valence-electron chi connectivity index (χ1n) is 9.07. The zero-order chi connectivity index (χ0) is 18.3. The normalized spacial score (nSPS) is 18.8. The summed E-state index contributed by atoms with van der Waals surface area (Å²) in [5.41, 5.74) is -0.286. The van der Waals surface area contributed by atoms with Crippen molar-refractivity contribution in [3.63, 3.8) is 0 Å². The van der Waals surface area contributed by atoms with Gasteiger partial charge >= 0.3 is 6.03 Å². The molecule has 25 heavy (non-hydrogen) atoms. The minimum atomic E-state index is -1.08. The molecule has 0 bridgehead atoms. The Hall–Kier alpha value is -1.63. The van der Waals surface area contributed by atoms with E-state index in [-0.39, 0.29) is 12.6 Å². The molecular formula is C19H32N4O2. The number of nitrogens with one attached hydrogen (secondary N) is 2. The van der Waals surface area contributed by atoms with Crippen LogP contribution in [0.25, 0.3) is 0 Å². The molecular weight excluding hydrogens is 316 g/mol. The number of benzene rings is 1. The van der Waals surface area contributed by atoms with E-state index >= 15 is 0 Å². The standard InChI is InChI=1S/C19H32N4O2/c1-19(25,16-7-5-4-6-8-16)15-21-18(24)20-11-14-23-12-9-17(10-13-23)22(2)3/h4-8,17,25H,9-15H2,1-3H3,(H2,20,21,24). The van der Waals surface area contributed by atoms with E-state index in [2.05, 4.69) is 34.5 Å². The molecule has 1 saturated heterocycles. The molecule has 0 saturated carbocycles. The van der Waals surface area contributed by atoms with Gasteiger partial charge in [-0.3, -0.25) is 0 Å². The maximum atomic E-state index is 11.9. The molecule has 0 aromatic heterocycles. The number of carbonyl (C=O) groups excluding carboxylic acids is 1. The van der Waals surface area contributed by atoms with Crippen LogP contribution in [-0.4, -0.2) is 73.8 Å². The average Bonchev–Trinajstić information content (AvgIpc) is 2.61. The van der Waals surface area contributed by atoms with Gasteiger partial charge in [0.2, 0.25) is 0 Å². The lowest BCUT2D eigenvalue weighted by Crippen LogP contribution is -2.47. The third-order valence-corrected chi connectivity index (χ3v) is 4.99. The number of hydrogen-bond acceptors (Lipinski definition) is 4. The van der Waals surface area contributed by atoms with Crippen LogP contribution in [-0.2, 0) is 5.60 Å². The first kappa shape index (κ1) is 19.7. The maximum absolute atomic E-state index is 11.9. The van der Waals surface area contributed by atoms with Crippen molar-refractivity contribution in [2.24, 2.45) is 0 Å². The molecule has 6 nitrogen and oxygen atoms in total. The van der Waals surface area contributed by atoms with Gasteiger partial charge < -0.3 is 25.5 Å². The van der Waals surface area contributed by atoms with E-state index in [0.717, 1.165) is 25.2 Å². The molecule has 140 valence electrons. The Kier molecular flexibility index (Phi) is 7.23. The fourth-order valence-corrected chi connectivity index (χ4v) is 3.20. The van der Waals surface area contributed by atoms with Gasteiger partial charge in [-0.25, -0.2) is 4.79 Å². The molecule has 0 spiro atoms. The fraction of sp³-hybridized carbons (Fsp3) is 0.632. The second-order valence-corrected chi connectivity index (χ2v) is 7.29. The Labute approximate surface area is 151 Å². The highest BCUT2D eigenvalue weighted by Gasteiger charge is 2.23. The van der Waals surface area contributed by atoms with Crippen molar-refractivity contribution < 1.29 is 9.90 Å². The van der Waals surface area contributed by atoms with E-state index in [1.165, 1.54) is 12.8 Å². The van der Waals surface area contributed by atoms with Gasteiger partial charge in [-0.05, 0) is 52.5 Å². The smallest absolute Gasteiger partial charge is 0.314 e. The zero-order valence-electron chi connectivity index (χ0n) is 15.7. The van der Waals surface area contributed by atoms with Crippen molar-refractivity contribution in [2.75, 3.05) is 46.8 Å². The van der Waals surface area contributed by atoms with Crippen LogP contribution in [0.4, 0.5) is 4.79 Å². The number of piperidine rings is 1. The van der Waals surface area contributed by atoms with Crippen molar-refractivity contribution in [1.82, 2.24) is 20.4 Å². The molecule has 1 aliphatic heterocycles. The lowest BCUT2D eigenvalue weighted by molar-refractivity contribution is 0.0593. The number of amides is 2. The Bertz CT molecular complexity index is 525. The van der Waals surface area contributed by atoms with Crippen LogP contribution in [0, 0.1) is 0 Å². The summed E-state index contributed by atoms with van der Waals surface area (Å²) in [6.45, 7) is 5.52. The first-order chi connectivity index (χ1) is 11.9. The van der Waals surface area contributed by atoms with Crippen LogP contribution in [0.2, 0.25) is 0 Å². The molecule has 1 fully saturated rings. The van der Waals surface area contributed by atoms with Crippen molar-refractivity contribution in [1.29, 1.82) is 0 Å². The van der Waals surface area contributed by atoms with Gasteiger partial charge in [-0.2, -0.15) is 0 Å². The number of carbonyl (C=O) groups is 1. The van der Waals surface area contributed by atoms with Crippen molar-refractivity contribution in [2.45, 2.75) is 31.4 Å². The summed E-state index contributed by atoms with van der Waals surface area (Å²) in [4.78, 5) is 16.6. The predicted molar refractivity (Wildman–Crippen MR) is 101 cm³/mol. The third kappa shape index (κ3) is 6.30. The molecule has 1 atom stereocenters. The summed E-state index contributed by atoms with van der Waals surface area (Å²) in [5, 5.41) is 16.1. The van der Waals surface area contributed by atoms with E-state index in [1.807, 2.05) is 30.3 Å². The Balaban J connectivity index is 1.63. The topological polar surface area (TPSA) is 67.8 Å². The number of urea groups is 1. The van der Waals surface area contributed by atoms with Gasteiger partial charge in [-0.15, -0.1) is 0 Å². The third-order valence-electron chi connectivity index (χ3n) is 4.99. The first-order valence-corrected chi connectivity index (χ1v) is 9.07.